The summed E-state index contributed by atoms with van der Waals surface area (Å²) in [6, 6.07) is 16.7. The number of fused-ring (bicyclic) bond motifs is 1. The number of benzene rings is 2. The average Bonchev–Trinajstić information content (AvgIpc) is 2.82. The predicted molar refractivity (Wildman–Crippen MR) is 138 cm³/mol. The van der Waals surface area contributed by atoms with E-state index in [2.05, 4.69) is 18.7 Å². The van der Waals surface area contributed by atoms with Gasteiger partial charge in [0.25, 0.3) is 5.91 Å². The maximum absolute atomic E-state index is 13.4. The van der Waals surface area contributed by atoms with E-state index in [0.29, 0.717) is 30.6 Å². The molecule has 1 unspecified atom stereocenters. The lowest BCUT2D eigenvalue weighted by atomic mass is 9.97. The number of rotatable bonds is 9. The number of hydrogen-bond acceptors (Lipinski definition) is 4. The first-order valence-corrected chi connectivity index (χ1v) is 12.7. The number of carbonyl (C=O) groups is 1. The van der Waals surface area contributed by atoms with Crippen molar-refractivity contribution < 1.29 is 9.53 Å². The molecule has 2 aliphatic heterocycles. The van der Waals surface area contributed by atoms with Gasteiger partial charge in [-0.15, -0.1) is 0 Å². The van der Waals surface area contributed by atoms with Gasteiger partial charge in [-0.05, 0) is 69.8 Å². The number of unbranched alkanes of at least 4 members (excludes halogenated alkanes) is 2. The van der Waals surface area contributed by atoms with Gasteiger partial charge in [-0.2, -0.15) is 0 Å². The van der Waals surface area contributed by atoms with E-state index < -0.39 is 6.10 Å². The number of nitrogen functional groups attached to an aromatic ring is 1. The van der Waals surface area contributed by atoms with Crippen molar-refractivity contribution in [2.75, 3.05) is 18.0 Å². The van der Waals surface area contributed by atoms with Crippen molar-refractivity contribution in [1.29, 1.82) is 5.41 Å². The molecule has 1 saturated heterocycles. The predicted octanol–water partition coefficient (Wildman–Crippen LogP) is 4.74. The van der Waals surface area contributed by atoms with Crippen molar-refractivity contribution >= 4 is 17.4 Å². The van der Waals surface area contributed by atoms with E-state index in [-0.39, 0.29) is 11.7 Å². The lowest BCUT2D eigenvalue weighted by Gasteiger charge is -2.39. The fraction of sp³-hybridized carbons (Fsp3) is 0.500. The van der Waals surface area contributed by atoms with Crippen molar-refractivity contribution in [2.45, 2.75) is 77.0 Å². The molecular weight excluding hydrogens is 424 g/mol. The summed E-state index contributed by atoms with van der Waals surface area (Å²) in [7, 11) is 0. The normalized spacial score (nSPS) is 22.8. The standard InChI is InChI=1S/C28H38N4O2/c1-20-10-8-11-21(2)31(20)16-6-3-7-17-32-24-14-4-5-15-25(24)34-26(28(32)33)19-22-12-9-13-23(18-22)27(29)30/h4-5,9,12-15,18,20-21,26H,3,6-8,10-11,16-17,19H2,1-2H3,(H3,29,30)/t20-,21+,26?. The van der Waals surface area contributed by atoms with E-state index >= 15 is 0 Å². The molecule has 182 valence electrons. The molecule has 34 heavy (non-hydrogen) atoms. The molecular formula is C28H38N4O2. The molecule has 3 N–H and O–H groups in total. The van der Waals surface area contributed by atoms with Gasteiger partial charge in [0.2, 0.25) is 0 Å². The smallest absolute Gasteiger partial charge is 0.268 e. The van der Waals surface area contributed by atoms with Gasteiger partial charge in [0.15, 0.2) is 6.10 Å². The van der Waals surface area contributed by atoms with Gasteiger partial charge < -0.3 is 15.4 Å². The largest absolute Gasteiger partial charge is 0.478 e. The summed E-state index contributed by atoms with van der Waals surface area (Å²) in [6.45, 7) is 6.55. The molecule has 2 aromatic rings. The summed E-state index contributed by atoms with van der Waals surface area (Å²) >= 11 is 0. The number of carbonyl (C=O) groups excluding carboxylic acids is 1. The number of nitrogens with one attached hydrogen (secondary N) is 1. The first-order valence-electron chi connectivity index (χ1n) is 12.7. The molecule has 0 bridgehead atoms. The molecule has 6 nitrogen and oxygen atoms in total. The number of likely N-dealkylation sites (tertiary alicyclic amines) is 1. The van der Waals surface area contributed by atoms with Crippen LogP contribution in [0.15, 0.2) is 48.5 Å². The van der Waals surface area contributed by atoms with Crippen LogP contribution in [0.25, 0.3) is 0 Å². The summed E-state index contributed by atoms with van der Waals surface area (Å²) in [5.74, 6) is 0.786. The molecule has 1 amide bonds. The Bertz CT molecular complexity index is 997. The van der Waals surface area contributed by atoms with Crippen LogP contribution >= 0.6 is 0 Å². The monoisotopic (exact) mass is 462 g/mol. The number of anilines is 1. The minimum Gasteiger partial charge on any atom is -0.478 e. The fourth-order valence-electron chi connectivity index (χ4n) is 5.37. The summed E-state index contributed by atoms with van der Waals surface area (Å²) < 4.78 is 6.13. The maximum atomic E-state index is 13.4. The zero-order valence-corrected chi connectivity index (χ0v) is 20.5. The Hall–Kier alpha value is -2.86. The lowest BCUT2D eigenvalue weighted by molar-refractivity contribution is -0.126. The highest BCUT2D eigenvalue weighted by Crippen LogP contribution is 2.35. The first kappa shape index (κ1) is 24.3. The zero-order chi connectivity index (χ0) is 24.1. The van der Waals surface area contributed by atoms with E-state index in [1.165, 1.54) is 19.3 Å². The van der Waals surface area contributed by atoms with Gasteiger partial charge in [-0.25, -0.2) is 0 Å². The van der Waals surface area contributed by atoms with Gasteiger partial charge in [0.1, 0.15) is 11.6 Å². The number of amides is 1. The fourth-order valence-corrected chi connectivity index (χ4v) is 5.37. The third kappa shape index (κ3) is 5.61. The van der Waals surface area contributed by atoms with Gasteiger partial charge in [0.05, 0.1) is 5.69 Å². The molecule has 4 rings (SSSR count). The summed E-state index contributed by atoms with van der Waals surface area (Å²) in [6.07, 6.45) is 7.08. The number of nitrogens with two attached hydrogens (primary N) is 1. The average molecular weight is 463 g/mol. The number of hydrogen-bond donors (Lipinski definition) is 2. The minimum absolute atomic E-state index is 0.00482. The number of ether oxygens (including phenoxy) is 1. The Morgan fingerprint density at radius 2 is 1.76 bits per heavy atom. The van der Waals surface area contributed by atoms with E-state index in [1.807, 2.05) is 53.4 Å². The molecule has 1 fully saturated rings. The van der Waals surface area contributed by atoms with E-state index in [0.717, 1.165) is 42.8 Å². The summed E-state index contributed by atoms with van der Waals surface area (Å²) in [4.78, 5) is 18.0. The molecule has 2 heterocycles. The van der Waals surface area contributed by atoms with Gasteiger partial charge in [0, 0.05) is 30.6 Å². The van der Waals surface area contributed by atoms with E-state index in [4.69, 9.17) is 15.9 Å². The third-order valence-corrected chi connectivity index (χ3v) is 7.30. The molecule has 0 aliphatic carbocycles. The van der Waals surface area contributed by atoms with Crippen LogP contribution in [0.3, 0.4) is 0 Å². The molecule has 0 spiro atoms. The van der Waals surface area contributed by atoms with Crippen LogP contribution in [0.4, 0.5) is 5.69 Å². The third-order valence-electron chi connectivity index (χ3n) is 7.30. The number of nitrogens with zero attached hydrogens (tertiary/aromatic N) is 2. The van der Waals surface area contributed by atoms with Crippen LogP contribution in [0.1, 0.15) is 63.5 Å². The van der Waals surface area contributed by atoms with Crippen LogP contribution in [0, 0.1) is 5.41 Å². The second kappa shape index (κ2) is 11.0. The van der Waals surface area contributed by atoms with Crippen LogP contribution < -0.4 is 15.4 Å². The van der Waals surface area contributed by atoms with Gasteiger partial charge in [-0.1, -0.05) is 43.2 Å². The van der Waals surface area contributed by atoms with E-state index in [1.54, 1.807) is 0 Å². The molecule has 3 atom stereocenters. The van der Waals surface area contributed by atoms with Gasteiger partial charge in [-0.3, -0.25) is 15.1 Å². The molecule has 0 saturated carbocycles. The molecule has 0 aromatic heterocycles. The lowest BCUT2D eigenvalue weighted by Crippen LogP contribution is -2.47. The van der Waals surface area contributed by atoms with E-state index in [9.17, 15) is 4.79 Å². The van der Waals surface area contributed by atoms with Crippen molar-refractivity contribution in [3.8, 4) is 5.75 Å². The Morgan fingerprint density at radius 3 is 2.53 bits per heavy atom. The molecule has 6 heteroatoms. The van der Waals surface area contributed by atoms with Crippen LogP contribution in [-0.4, -0.2) is 47.9 Å². The Labute approximate surface area is 203 Å². The van der Waals surface area contributed by atoms with Crippen LogP contribution in [0.2, 0.25) is 0 Å². The van der Waals surface area contributed by atoms with Gasteiger partial charge >= 0.3 is 0 Å². The van der Waals surface area contributed by atoms with Crippen molar-refractivity contribution in [3.05, 3.63) is 59.7 Å². The Kier molecular flexibility index (Phi) is 7.88. The first-order chi connectivity index (χ1) is 16.4. The number of piperidine rings is 1. The second-order valence-corrected chi connectivity index (χ2v) is 9.81. The van der Waals surface area contributed by atoms with Crippen molar-refractivity contribution in [1.82, 2.24) is 4.90 Å². The van der Waals surface area contributed by atoms with Crippen LogP contribution in [0.5, 0.6) is 5.75 Å². The second-order valence-electron chi connectivity index (χ2n) is 9.81. The summed E-state index contributed by atoms with van der Waals surface area (Å²) in [5, 5.41) is 7.69. The quantitative estimate of drug-likeness (QED) is 0.320. The zero-order valence-electron chi connectivity index (χ0n) is 20.5. The molecule has 2 aromatic carbocycles. The Morgan fingerprint density at radius 1 is 1.03 bits per heavy atom. The Balaban J connectivity index is 1.37. The molecule has 0 radical (unpaired) electrons. The highest BCUT2D eigenvalue weighted by atomic mass is 16.5. The highest BCUT2D eigenvalue weighted by Gasteiger charge is 2.34. The number of para-hydroxylation sites is 2. The van der Waals surface area contributed by atoms with Crippen molar-refractivity contribution in [2.24, 2.45) is 5.73 Å². The van der Waals surface area contributed by atoms with Crippen LogP contribution in [-0.2, 0) is 11.2 Å². The maximum Gasteiger partial charge on any atom is 0.268 e. The number of amidine groups is 1. The minimum atomic E-state index is -0.577. The molecule has 2 aliphatic rings. The van der Waals surface area contributed by atoms with Crippen molar-refractivity contribution in [3.63, 3.8) is 0 Å². The topological polar surface area (TPSA) is 82.7 Å². The summed E-state index contributed by atoms with van der Waals surface area (Å²) in [5.41, 5.74) is 8.11. The SMILES string of the molecule is C[C@@H]1CCC[C@H](C)N1CCCCCN1C(=O)C(Cc2cccc(C(=N)N)c2)Oc2ccccc21. The highest BCUT2D eigenvalue weighted by molar-refractivity contribution is 6.00.